The van der Waals surface area contributed by atoms with Crippen molar-refractivity contribution in [2.75, 3.05) is 26.4 Å². The number of carbonyl (C=O) groups is 3. The minimum absolute atomic E-state index is 0.0340. The highest BCUT2D eigenvalue weighted by atomic mass is 16.7. The van der Waals surface area contributed by atoms with E-state index in [2.05, 4.69) is 17.6 Å². The van der Waals surface area contributed by atoms with E-state index < -0.39 is 75.8 Å². The predicted molar refractivity (Wildman–Crippen MR) is 197 cm³/mol. The summed E-state index contributed by atoms with van der Waals surface area (Å²) in [5, 5.41) is 40.6. The Balaban J connectivity index is 1.06. The van der Waals surface area contributed by atoms with Gasteiger partial charge in [0.25, 0.3) is 0 Å². The number of esters is 2. The second-order valence-corrected chi connectivity index (χ2v) is 20.4. The van der Waals surface area contributed by atoms with E-state index in [1.165, 1.54) is 0 Å². The zero-order valence-corrected chi connectivity index (χ0v) is 33.2. The van der Waals surface area contributed by atoms with Gasteiger partial charge in [-0.2, -0.15) is 0 Å². The lowest BCUT2D eigenvalue weighted by Crippen LogP contribution is -2.77. The van der Waals surface area contributed by atoms with Crippen molar-refractivity contribution in [3.8, 4) is 0 Å². The van der Waals surface area contributed by atoms with Crippen LogP contribution < -0.4 is 10.6 Å². The monoisotopic (exact) mass is 780 g/mol. The molecule has 15 unspecified atom stereocenters. The lowest BCUT2D eigenvalue weighted by atomic mass is 9.34. The highest BCUT2D eigenvalue weighted by Crippen LogP contribution is 2.83. The predicted octanol–water partition coefficient (Wildman–Crippen LogP) is 3.12. The number of ether oxygens (including phenoxy) is 4. The van der Waals surface area contributed by atoms with Crippen LogP contribution in [0.4, 0.5) is 0 Å². The third-order valence-electron chi connectivity index (χ3n) is 17.5. The van der Waals surface area contributed by atoms with E-state index >= 15 is 4.79 Å². The number of cyclic esters (lactones) is 2. The van der Waals surface area contributed by atoms with Gasteiger partial charge in [0, 0.05) is 47.5 Å². The number of hydrogen-bond acceptors (Lipinski definition) is 13. The molecule has 9 fully saturated rings. The molecule has 5 aliphatic heterocycles. The fourth-order valence-electron chi connectivity index (χ4n) is 15.6. The molecular weight excluding hydrogens is 720 g/mol. The molecule has 15 atom stereocenters. The molecule has 5 N–H and O–H groups in total. The highest BCUT2D eigenvalue weighted by Gasteiger charge is 2.93. The first-order valence-electron chi connectivity index (χ1n) is 21.4. The maximum Gasteiger partial charge on any atom is 0.339 e. The SMILES string of the molecule is CC1(C)OC2C3C(=O)OCC24C1C(=O)C(O)C1(C)C4C(CC32CCCC2)CC2(C)C(c3ccoc3CC(CCCCC3CNCN3)C(O)CO)OC(=O)C3OC321. The largest absolute Gasteiger partial charge is 0.469 e. The van der Waals surface area contributed by atoms with E-state index in [4.69, 9.17) is 23.4 Å². The number of unbranched alkanes of at least 4 members (excludes halogenated alkanes) is 1. The van der Waals surface area contributed by atoms with Crippen LogP contribution >= 0.6 is 0 Å². The van der Waals surface area contributed by atoms with Crippen molar-refractivity contribution in [3.05, 3.63) is 23.7 Å². The summed E-state index contributed by atoms with van der Waals surface area (Å²) in [4.78, 5) is 43.3. The maximum atomic E-state index is 15.0. The van der Waals surface area contributed by atoms with Gasteiger partial charge in [0.1, 0.15) is 30.2 Å². The van der Waals surface area contributed by atoms with Crippen LogP contribution in [0.3, 0.4) is 0 Å². The first kappa shape index (κ1) is 37.9. The van der Waals surface area contributed by atoms with Gasteiger partial charge in [-0.1, -0.05) is 39.5 Å². The molecule has 4 saturated carbocycles. The Morgan fingerprint density at radius 2 is 1.79 bits per heavy atom. The second-order valence-electron chi connectivity index (χ2n) is 20.4. The molecule has 6 heterocycles. The fourth-order valence-corrected chi connectivity index (χ4v) is 15.6. The third-order valence-corrected chi connectivity index (χ3v) is 17.5. The van der Waals surface area contributed by atoms with Crippen LogP contribution in [-0.2, 0) is 39.8 Å². The van der Waals surface area contributed by atoms with Crippen molar-refractivity contribution < 1.29 is 53.1 Å². The van der Waals surface area contributed by atoms with Gasteiger partial charge in [-0.25, -0.2) is 4.79 Å². The number of rotatable bonds is 10. The van der Waals surface area contributed by atoms with Gasteiger partial charge in [0.15, 0.2) is 11.9 Å². The zero-order valence-electron chi connectivity index (χ0n) is 33.2. The van der Waals surface area contributed by atoms with Crippen LogP contribution in [0, 0.1) is 51.2 Å². The van der Waals surface area contributed by atoms with Crippen molar-refractivity contribution in [1.82, 2.24) is 10.6 Å². The topological polar surface area (TPSA) is 189 Å². The number of aliphatic hydroxyl groups is 3. The number of nitrogens with one attached hydrogen (secondary N) is 2. The first-order chi connectivity index (χ1) is 26.7. The summed E-state index contributed by atoms with van der Waals surface area (Å²) in [6, 6.07) is 2.27. The molecule has 13 nitrogen and oxygen atoms in total. The smallest absolute Gasteiger partial charge is 0.339 e. The van der Waals surface area contributed by atoms with Gasteiger partial charge >= 0.3 is 11.9 Å². The van der Waals surface area contributed by atoms with Gasteiger partial charge in [-0.3, -0.25) is 9.59 Å². The third kappa shape index (κ3) is 4.65. The Hall–Kier alpha value is -2.39. The Morgan fingerprint density at radius 1 is 1.00 bits per heavy atom. The summed E-state index contributed by atoms with van der Waals surface area (Å²) in [5.74, 6) is -2.47. The number of fused-ring (bicyclic) bond motifs is 1. The molecule has 0 radical (unpaired) electrons. The molecule has 13 heteroatoms. The molecule has 0 aromatic carbocycles. The van der Waals surface area contributed by atoms with Crippen molar-refractivity contribution in [2.45, 2.75) is 146 Å². The van der Waals surface area contributed by atoms with Crippen LogP contribution in [0.15, 0.2) is 16.7 Å². The minimum atomic E-state index is -1.46. The van der Waals surface area contributed by atoms with Gasteiger partial charge in [0.2, 0.25) is 0 Å². The lowest BCUT2D eigenvalue weighted by Gasteiger charge is -2.68. The van der Waals surface area contributed by atoms with Crippen molar-refractivity contribution in [2.24, 2.45) is 51.2 Å². The van der Waals surface area contributed by atoms with Crippen LogP contribution in [0.1, 0.15) is 109 Å². The van der Waals surface area contributed by atoms with E-state index in [0.29, 0.717) is 36.6 Å². The number of carbonyl (C=O) groups excluding carboxylic acids is 3. The van der Waals surface area contributed by atoms with E-state index in [0.717, 1.165) is 64.6 Å². The molecular formula is C43H60N2O11. The molecule has 2 bridgehead atoms. The average Bonchev–Trinajstić information content (AvgIpc) is 3.56. The molecule has 9 aliphatic rings. The minimum Gasteiger partial charge on any atom is -0.469 e. The van der Waals surface area contributed by atoms with Gasteiger partial charge in [0.05, 0.1) is 42.5 Å². The van der Waals surface area contributed by atoms with Gasteiger partial charge in [-0.15, -0.1) is 0 Å². The molecule has 0 amide bonds. The number of ketones is 1. The Bertz CT molecular complexity index is 1790. The van der Waals surface area contributed by atoms with Gasteiger partial charge < -0.3 is 49.3 Å². The number of aliphatic hydroxyl groups excluding tert-OH is 3. The quantitative estimate of drug-likeness (QED) is 0.133. The van der Waals surface area contributed by atoms with E-state index in [1.54, 1.807) is 6.26 Å². The molecule has 4 aliphatic carbocycles. The first-order valence-corrected chi connectivity index (χ1v) is 21.4. The molecule has 10 rings (SSSR count). The number of Topliss-reactive ketones (excluding diaryl/α,β-unsaturated/α-hetero) is 1. The average molecular weight is 781 g/mol. The summed E-state index contributed by atoms with van der Waals surface area (Å²) in [5.41, 5.74) is -4.96. The number of hydrogen-bond donors (Lipinski definition) is 5. The van der Waals surface area contributed by atoms with Crippen LogP contribution in [0.25, 0.3) is 0 Å². The van der Waals surface area contributed by atoms with E-state index in [1.807, 2.05) is 26.8 Å². The highest BCUT2D eigenvalue weighted by molar-refractivity contribution is 5.92. The van der Waals surface area contributed by atoms with Crippen LogP contribution in [0.2, 0.25) is 0 Å². The zero-order chi connectivity index (χ0) is 39.2. The number of furan rings is 1. The summed E-state index contributed by atoms with van der Waals surface area (Å²) < 4.78 is 32.7. The van der Waals surface area contributed by atoms with Crippen LogP contribution in [0.5, 0.6) is 0 Å². The standard InChI is InChI=1S/C43H60N2O11/c1-38(2)31-29(48)32(49)40(4)30-23(17-41(12-7-8-13-41)28-34(55-38)42(30,31)20-53-36(28)50)16-39(3)33(54-37(51)35-43(39,40)56-35)25-11-14-52-27(25)15-22(26(47)19-46)9-5-6-10-24-18-44-21-45-24/h11,14,22-24,26,28,30-35,44-47,49H,5-10,12-13,15-21H2,1-4H3. The van der Waals surface area contributed by atoms with E-state index in [-0.39, 0.29) is 48.1 Å². The summed E-state index contributed by atoms with van der Waals surface area (Å²) >= 11 is 0. The molecule has 5 saturated heterocycles. The van der Waals surface area contributed by atoms with Crippen molar-refractivity contribution >= 4 is 17.7 Å². The number of epoxide rings is 1. The Morgan fingerprint density at radius 3 is 2.52 bits per heavy atom. The summed E-state index contributed by atoms with van der Waals surface area (Å²) in [6.07, 6.45) is 5.69. The molecule has 56 heavy (non-hydrogen) atoms. The Labute approximate surface area is 328 Å². The Kier molecular flexibility index (Phi) is 8.49. The molecule has 308 valence electrons. The lowest BCUT2D eigenvalue weighted by molar-refractivity contribution is -0.266. The normalized spacial score (nSPS) is 47.3. The van der Waals surface area contributed by atoms with E-state index in [9.17, 15) is 24.9 Å². The second kappa shape index (κ2) is 12.6. The molecule has 1 aromatic rings. The fraction of sp³-hybridized carbons (Fsp3) is 0.837. The van der Waals surface area contributed by atoms with Crippen molar-refractivity contribution in [1.29, 1.82) is 0 Å². The molecule has 1 aromatic heterocycles. The van der Waals surface area contributed by atoms with Crippen molar-refractivity contribution in [3.63, 3.8) is 0 Å². The van der Waals surface area contributed by atoms with Gasteiger partial charge in [-0.05, 0) is 81.6 Å². The maximum absolute atomic E-state index is 15.0. The summed E-state index contributed by atoms with van der Waals surface area (Å²) in [7, 11) is 0. The molecule has 3 spiro atoms. The van der Waals surface area contributed by atoms with Crippen LogP contribution in [-0.4, -0.2) is 101 Å². The summed E-state index contributed by atoms with van der Waals surface area (Å²) in [6.45, 7) is 9.32.